The largest absolute Gasteiger partial charge is 0.357 e. The molecule has 1 aliphatic rings. The van der Waals surface area contributed by atoms with Gasteiger partial charge in [-0.3, -0.25) is 9.89 Å². The molecule has 0 radical (unpaired) electrons. The van der Waals surface area contributed by atoms with Gasteiger partial charge in [-0.25, -0.2) is 4.98 Å². The fraction of sp³-hybridized carbons (Fsp3) is 0.765. The molecular formula is C17H32IN5S. The minimum atomic E-state index is 0. The summed E-state index contributed by atoms with van der Waals surface area (Å²) in [7, 11) is 0. The zero-order valence-corrected chi connectivity index (χ0v) is 18.3. The first-order valence-electron chi connectivity index (χ1n) is 8.90. The third-order valence-electron chi connectivity index (χ3n) is 4.30. The number of likely N-dealkylation sites (N-methyl/N-ethyl adjacent to an activating group) is 1. The van der Waals surface area contributed by atoms with E-state index in [1.807, 2.05) is 0 Å². The molecule has 1 aromatic rings. The lowest BCUT2D eigenvalue weighted by molar-refractivity contribution is 0.161. The lowest BCUT2D eigenvalue weighted by Gasteiger charge is -2.33. The van der Waals surface area contributed by atoms with Gasteiger partial charge < -0.3 is 10.6 Å². The molecule has 2 heterocycles. The maximum atomic E-state index is 4.81. The number of guanidine groups is 1. The predicted octanol–water partition coefficient (Wildman–Crippen LogP) is 3.04. The van der Waals surface area contributed by atoms with Crippen LogP contribution in [0.5, 0.6) is 0 Å². The molecule has 1 saturated heterocycles. The molecule has 1 unspecified atom stereocenters. The number of nitrogens with one attached hydrogen (secondary N) is 2. The van der Waals surface area contributed by atoms with Crippen molar-refractivity contribution in [2.24, 2.45) is 4.99 Å². The molecule has 1 aromatic heterocycles. The molecule has 0 amide bonds. The van der Waals surface area contributed by atoms with Gasteiger partial charge >= 0.3 is 0 Å². The Balaban J connectivity index is 0.00000288. The summed E-state index contributed by atoms with van der Waals surface area (Å²) in [5.41, 5.74) is 1.17. The summed E-state index contributed by atoms with van der Waals surface area (Å²) in [4.78, 5) is 11.9. The van der Waals surface area contributed by atoms with Crippen LogP contribution in [0.1, 0.15) is 43.8 Å². The molecule has 1 aliphatic heterocycles. The van der Waals surface area contributed by atoms with Gasteiger partial charge in [0.25, 0.3) is 0 Å². The van der Waals surface area contributed by atoms with Crippen LogP contribution < -0.4 is 10.6 Å². The van der Waals surface area contributed by atoms with Gasteiger partial charge in [-0.15, -0.1) is 35.3 Å². The minimum Gasteiger partial charge on any atom is -0.357 e. The van der Waals surface area contributed by atoms with Gasteiger partial charge in [0.2, 0.25) is 0 Å². The average Bonchev–Trinajstić information content (AvgIpc) is 2.98. The molecule has 0 aliphatic carbocycles. The standard InChI is InChI=1S/C17H31N5S.HI/c1-4-18-17(19-10-9-15-13-23-14(3)21-15)20-12-16-8-6-7-11-22(16)5-2;/h13,16H,4-12H2,1-3H3,(H2,18,19,20);1H. The summed E-state index contributed by atoms with van der Waals surface area (Å²) in [6.07, 6.45) is 4.89. The van der Waals surface area contributed by atoms with E-state index in [0.29, 0.717) is 6.04 Å². The fourth-order valence-electron chi connectivity index (χ4n) is 3.05. The Morgan fingerprint density at radius 1 is 1.38 bits per heavy atom. The Kier molecular flexibility index (Phi) is 10.8. The Morgan fingerprint density at radius 2 is 2.21 bits per heavy atom. The number of aromatic nitrogens is 1. The summed E-state index contributed by atoms with van der Waals surface area (Å²) >= 11 is 1.71. The highest BCUT2D eigenvalue weighted by Gasteiger charge is 2.20. The first-order chi connectivity index (χ1) is 11.2. The highest BCUT2D eigenvalue weighted by molar-refractivity contribution is 14.0. The maximum absolute atomic E-state index is 4.81. The molecule has 0 spiro atoms. The van der Waals surface area contributed by atoms with Crippen molar-refractivity contribution < 1.29 is 0 Å². The van der Waals surface area contributed by atoms with Crippen LogP contribution >= 0.6 is 35.3 Å². The maximum Gasteiger partial charge on any atom is 0.191 e. The molecule has 1 atom stereocenters. The smallest absolute Gasteiger partial charge is 0.191 e. The summed E-state index contributed by atoms with van der Waals surface area (Å²) < 4.78 is 0. The van der Waals surface area contributed by atoms with E-state index in [2.05, 4.69) is 46.7 Å². The zero-order valence-electron chi connectivity index (χ0n) is 15.2. The molecule has 24 heavy (non-hydrogen) atoms. The molecule has 7 heteroatoms. The van der Waals surface area contributed by atoms with E-state index in [1.165, 1.54) is 31.5 Å². The van der Waals surface area contributed by atoms with E-state index in [-0.39, 0.29) is 24.0 Å². The van der Waals surface area contributed by atoms with E-state index in [4.69, 9.17) is 4.99 Å². The molecule has 138 valence electrons. The van der Waals surface area contributed by atoms with Crippen LogP contribution in [-0.4, -0.2) is 54.6 Å². The number of nitrogens with zero attached hydrogens (tertiary/aromatic N) is 3. The number of thiazole rings is 1. The molecule has 0 bridgehead atoms. The molecular weight excluding hydrogens is 433 g/mol. The second-order valence-electron chi connectivity index (χ2n) is 6.03. The minimum absolute atomic E-state index is 0. The number of aliphatic imine (C=N–C) groups is 1. The topological polar surface area (TPSA) is 52.6 Å². The lowest BCUT2D eigenvalue weighted by Crippen LogP contribution is -2.43. The zero-order chi connectivity index (χ0) is 16.5. The van der Waals surface area contributed by atoms with Gasteiger partial charge in [0.15, 0.2) is 5.96 Å². The van der Waals surface area contributed by atoms with E-state index >= 15 is 0 Å². The Bertz CT molecular complexity index is 491. The molecule has 5 nitrogen and oxygen atoms in total. The van der Waals surface area contributed by atoms with Gasteiger partial charge in [0.1, 0.15) is 0 Å². The van der Waals surface area contributed by atoms with Crippen molar-refractivity contribution in [2.75, 3.05) is 32.7 Å². The van der Waals surface area contributed by atoms with Crippen molar-refractivity contribution in [3.8, 4) is 0 Å². The Labute approximate surface area is 167 Å². The van der Waals surface area contributed by atoms with Gasteiger partial charge in [-0.05, 0) is 39.8 Å². The highest BCUT2D eigenvalue weighted by Crippen LogP contribution is 2.16. The monoisotopic (exact) mass is 465 g/mol. The van der Waals surface area contributed by atoms with Crippen LogP contribution in [0.25, 0.3) is 0 Å². The van der Waals surface area contributed by atoms with Gasteiger partial charge in [-0.2, -0.15) is 0 Å². The van der Waals surface area contributed by atoms with Gasteiger partial charge in [-0.1, -0.05) is 13.3 Å². The number of hydrogen-bond donors (Lipinski definition) is 2. The number of hydrogen-bond acceptors (Lipinski definition) is 4. The number of aryl methyl sites for hydroxylation is 1. The van der Waals surface area contributed by atoms with Gasteiger partial charge in [0.05, 0.1) is 17.2 Å². The van der Waals surface area contributed by atoms with Crippen molar-refractivity contribution in [3.05, 3.63) is 16.1 Å². The molecule has 1 fully saturated rings. The first kappa shape index (κ1) is 21.6. The number of likely N-dealkylation sites (tertiary alicyclic amines) is 1. The summed E-state index contributed by atoms with van der Waals surface area (Å²) in [5, 5.41) is 10.1. The molecule has 0 saturated carbocycles. The van der Waals surface area contributed by atoms with Crippen LogP contribution in [0.3, 0.4) is 0 Å². The Morgan fingerprint density at radius 3 is 2.88 bits per heavy atom. The van der Waals surface area contributed by atoms with Crippen LogP contribution in [-0.2, 0) is 6.42 Å². The van der Waals surface area contributed by atoms with E-state index in [9.17, 15) is 0 Å². The second kappa shape index (κ2) is 12.0. The Hall–Kier alpha value is -0.410. The number of halogens is 1. The van der Waals surface area contributed by atoms with E-state index < -0.39 is 0 Å². The molecule has 0 aromatic carbocycles. The third kappa shape index (κ3) is 7.23. The van der Waals surface area contributed by atoms with Crippen LogP contribution in [0.15, 0.2) is 10.4 Å². The predicted molar refractivity (Wildman–Crippen MR) is 115 cm³/mol. The summed E-state index contributed by atoms with van der Waals surface area (Å²) in [6, 6.07) is 0.602. The fourth-order valence-corrected chi connectivity index (χ4v) is 3.70. The van der Waals surface area contributed by atoms with E-state index in [1.54, 1.807) is 11.3 Å². The molecule has 2 rings (SSSR count). The van der Waals surface area contributed by atoms with Crippen LogP contribution in [0.4, 0.5) is 0 Å². The van der Waals surface area contributed by atoms with Crippen molar-refractivity contribution >= 4 is 41.3 Å². The third-order valence-corrected chi connectivity index (χ3v) is 5.12. The van der Waals surface area contributed by atoms with Crippen molar-refractivity contribution in [2.45, 2.75) is 52.5 Å². The average molecular weight is 465 g/mol. The highest BCUT2D eigenvalue weighted by atomic mass is 127. The van der Waals surface area contributed by atoms with E-state index in [0.717, 1.165) is 43.6 Å². The van der Waals surface area contributed by atoms with Crippen LogP contribution in [0, 0.1) is 6.92 Å². The quantitative estimate of drug-likeness (QED) is 0.369. The SMILES string of the molecule is CCNC(=NCC1CCCCN1CC)NCCc1csc(C)n1.I. The summed E-state index contributed by atoms with van der Waals surface area (Å²) in [5.74, 6) is 0.932. The number of piperidine rings is 1. The summed E-state index contributed by atoms with van der Waals surface area (Å²) in [6.45, 7) is 11.4. The lowest BCUT2D eigenvalue weighted by atomic mass is 10.0. The number of rotatable bonds is 7. The van der Waals surface area contributed by atoms with Crippen molar-refractivity contribution in [3.63, 3.8) is 0 Å². The second-order valence-corrected chi connectivity index (χ2v) is 7.09. The van der Waals surface area contributed by atoms with Crippen LogP contribution in [0.2, 0.25) is 0 Å². The van der Waals surface area contributed by atoms with Gasteiger partial charge in [0, 0.05) is 30.9 Å². The van der Waals surface area contributed by atoms with Crippen molar-refractivity contribution in [1.29, 1.82) is 0 Å². The normalized spacial score (nSPS) is 19.0. The first-order valence-corrected chi connectivity index (χ1v) is 9.78. The molecule has 2 N–H and O–H groups in total. The van der Waals surface area contributed by atoms with Crippen molar-refractivity contribution in [1.82, 2.24) is 20.5 Å².